The summed E-state index contributed by atoms with van der Waals surface area (Å²) >= 11 is 0. The van der Waals surface area contributed by atoms with Gasteiger partial charge in [0.15, 0.2) is 0 Å². The Balaban J connectivity index is 1.62. The van der Waals surface area contributed by atoms with Crippen molar-refractivity contribution < 1.29 is 9.59 Å². The number of H-pyrrole nitrogens is 1. The Hall–Kier alpha value is -3.93. The number of aromatic nitrogens is 2. The molecule has 3 N–H and O–H groups in total. The van der Waals surface area contributed by atoms with Gasteiger partial charge in [0.2, 0.25) is 0 Å². The van der Waals surface area contributed by atoms with Gasteiger partial charge in [-0.25, -0.2) is 4.98 Å². The van der Waals surface area contributed by atoms with Gasteiger partial charge in [-0.2, -0.15) is 0 Å². The standard InChI is InChI=1S/C29H32N4O2/c1-17-7-10-23(22-11-8-20(14-18(22)2)27(34)30-16-29(4,5)6)24(13-17)28(35)33-21-9-12-25-26(15-21)32-19(3)31-25/h7-15H,16H2,1-6H3,(H,30,34)(H,31,32)(H,33,35). The van der Waals surface area contributed by atoms with Crippen LogP contribution in [0.25, 0.3) is 22.2 Å². The number of anilines is 1. The van der Waals surface area contributed by atoms with Gasteiger partial charge in [0, 0.05) is 23.4 Å². The normalized spacial score (nSPS) is 11.5. The minimum atomic E-state index is -0.189. The first kappa shape index (κ1) is 24.2. The zero-order valence-electron chi connectivity index (χ0n) is 21.2. The smallest absolute Gasteiger partial charge is 0.256 e. The molecule has 0 fully saturated rings. The van der Waals surface area contributed by atoms with Gasteiger partial charge in [0.1, 0.15) is 5.82 Å². The van der Waals surface area contributed by atoms with Crippen molar-refractivity contribution in [3.63, 3.8) is 0 Å². The minimum Gasteiger partial charge on any atom is -0.352 e. The molecule has 0 aliphatic rings. The second kappa shape index (κ2) is 9.37. The zero-order valence-corrected chi connectivity index (χ0v) is 21.2. The molecule has 4 rings (SSSR count). The van der Waals surface area contributed by atoms with Crippen LogP contribution in [0.3, 0.4) is 0 Å². The first-order valence-corrected chi connectivity index (χ1v) is 11.8. The van der Waals surface area contributed by atoms with E-state index < -0.39 is 0 Å². The van der Waals surface area contributed by atoms with Crippen molar-refractivity contribution in [3.05, 3.63) is 82.7 Å². The number of aromatic amines is 1. The Labute approximate surface area is 206 Å². The number of carbonyl (C=O) groups is 2. The predicted molar refractivity (Wildman–Crippen MR) is 142 cm³/mol. The molecule has 0 saturated heterocycles. The van der Waals surface area contributed by atoms with Gasteiger partial charge in [-0.15, -0.1) is 0 Å². The molecule has 0 saturated carbocycles. The Kier molecular flexibility index (Phi) is 6.48. The number of carbonyl (C=O) groups excluding carboxylic acids is 2. The lowest BCUT2D eigenvalue weighted by molar-refractivity contribution is 0.0938. The van der Waals surface area contributed by atoms with E-state index in [2.05, 4.69) is 41.4 Å². The van der Waals surface area contributed by atoms with Crippen LogP contribution in [0, 0.1) is 26.2 Å². The molecule has 35 heavy (non-hydrogen) atoms. The SMILES string of the molecule is Cc1ccc(-c2ccc(C(=O)NCC(C)(C)C)cc2C)c(C(=O)Nc2ccc3nc(C)[nH]c3c2)c1. The molecular formula is C29H32N4O2. The van der Waals surface area contributed by atoms with E-state index in [1.807, 2.05) is 75.4 Å². The van der Waals surface area contributed by atoms with Crippen LogP contribution in [-0.2, 0) is 0 Å². The fraction of sp³-hybridized carbons (Fsp3) is 0.276. The van der Waals surface area contributed by atoms with Gasteiger partial charge in [-0.3, -0.25) is 9.59 Å². The lowest BCUT2D eigenvalue weighted by atomic mass is 9.92. The quantitative estimate of drug-likeness (QED) is 0.327. The average molecular weight is 469 g/mol. The van der Waals surface area contributed by atoms with Crippen molar-refractivity contribution in [2.24, 2.45) is 5.41 Å². The fourth-order valence-electron chi connectivity index (χ4n) is 4.05. The van der Waals surface area contributed by atoms with Crippen LogP contribution in [0.5, 0.6) is 0 Å². The van der Waals surface area contributed by atoms with E-state index >= 15 is 0 Å². The van der Waals surface area contributed by atoms with Crippen molar-refractivity contribution in [1.82, 2.24) is 15.3 Å². The largest absolute Gasteiger partial charge is 0.352 e. The van der Waals surface area contributed by atoms with Crippen molar-refractivity contribution >= 4 is 28.5 Å². The lowest BCUT2D eigenvalue weighted by Crippen LogP contribution is -2.32. The van der Waals surface area contributed by atoms with E-state index in [1.54, 1.807) is 0 Å². The molecule has 1 aromatic heterocycles. The third-order valence-electron chi connectivity index (χ3n) is 5.84. The summed E-state index contributed by atoms with van der Waals surface area (Å²) in [7, 11) is 0. The van der Waals surface area contributed by atoms with Gasteiger partial charge >= 0.3 is 0 Å². The maximum atomic E-state index is 13.4. The number of nitrogens with one attached hydrogen (secondary N) is 3. The van der Waals surface area contributed by atoms with E-state index in [-0.39, 0.29) is 17.2 Å². The third-order valence-corrected chi connectivity index (χ3v) is 5.84. The summed E-state index contributed by atoms with van der Waals surface area (Å²) < 4.78 is 0. The summed E-state index contributed by atoms with van der Waals surface area (Å²) in [5.41, 5.74) is 7.30. The van der Waals surface area contributed by atoms with Crippen LogP contribution >= 0.6 is 0 Å². The van der Waals surface area contributed by atoms with E-state index in [0.717, 1.165) is 39.1 Å². The molecule has 0 spiro atoms. The maximum absolute atomic E-state index is 13.4. The Morgan fingerprint density at radius 2 is 1.63 bits per heavy atom. The highest BCUT2D eigenvalue weighted by Crippen LogP contribution is 2.30. The van der Waals surface area contributed by atoms with Gasteiger partial charge in [-0.1, -0.05) is 44.5 Å². The van der Waals surface area contributed by atoms with Gasteiger partial charge in [0.25, 0.3) is 11.8 Å². The summed E-state index contributed by atoms with van der Waals surface area (Å²) in [6.07, 6.45) is 0. The zero-order chi connectivity index (χ0) is 25.3. The molecule has 6 heteroatoms. The molecule has 3 aromatic carbocycles. The van der Waals surface area contributed by atoms with Crippen LogP contribution < -0.4 is 10.6 Å². The molecule has 2 amide bonds. The number of nitrogens with zero attached hydrogens (tertiary/aromatic N) is 1. The molecule has 4 aromatic rings. The molecule has 0 unspecified atom stereocenters. The van der Waals surface area contributed by atoms with E-state index in [4.69, 9.17) is 0 Å². The molecule has 6 nitrogen and oxygen atoms in total. The topological polar surface area (TPSA) is 86.9 Å². The van der Waals surface area contributed by atoms with Crippen LogP contribution in [-0.4, -0.2) is 28.3 Å². The number of hydrogen-bond donors (Lipinski definition) is 3. The Bertz CT molecular complexity index is 1430. The molecule has 1 heterocycles. The monoisotopic (exact) mass is 468 g/mol. The summed E-state index contributed by atoms with van der Waals surface area (Å²) in [5, 5.41) is 6.02. The highest BCUT2D eigenvalue weighted by Gasteiger charge is 2.18. The van der Waals surface area contributed by atoms with Crippen LogP contribution in [0.4, 0.5) is 5.69 Å². The number of fused-ring (bicyclic) bond motifs is 1. The van der Waals surface area contributed by atoms with Crippen LogP contribution in [0.2, 0.25) is 0 Å². The van der Waals surface area contributed by atoms with E-state index in [9.17, 15) is 9.59 Å². The van der Waals surface area contributed by atoms with Crippen molar-refractivity contribution in [3.8, 4) is 11.1 Å². The van der Waals surface area contributed by atoms with Crippen LogP contribution in [0.15, 0.2) is 54.6 Å². The Morgan fingerprint density at radius 3 is 2.34 bits per heavy atom. The number of rotatable bonds is 5. The van der Waals surface area contributed by atoms with Gasteiger partial charge in [-0.05, 0) is 79.3 Å². The fourth-order valence-corrected chi connectivity index (χ4v) is 4.05. The summed E-state index contributed by atoms with van der Waals surface area (Å²) in [6.45, 7) is 12.7. The average Bonchev–Trinajstić information content (AvgIpc) is 3.16. The molecule has 0 aliphatic heterocycles. The highest BCUT2D eigenvalue weighted by atomic mass is 16.2. The van der Waals surface area contributed by atoms with Crippen molar-refractivity contribution in [2.45, 2.75) is 41.5 Å². The molecule has 0 aliphatic carbocycles. The maximum Gasteiger partial charge on any atom is 0.256 e. The molecule has 0 radical (unpaired) electrons. The summed E-state index contributed by atoms with van der Waals surface area (Å²) in [4.78, 5) is 33.6. The number of amides is 2. The number of imidazole rings is 1. The van der Waals surface area contributed by atoms with E-state index in [0.29, 0.717) is 23.4 Å². The second-order valence-electron chi connectivity index (χ2n) is 10.3. The van der Waals surface area contributed by atoms with Crippen molar-refractivity contribution in [2.75, 3.05) is 11.9 Å². The Morgan fingerprint density at radius 1 is 0.886 bits per heavy atom. The summed E-state index contributed by atoms with van der Waals surface area (Å²) in [6, 6.07) is 17.1. The molecule has 180 valence electrons. The predicted octanol–water partition coefficient (Wildman–Crippen LogP) is 6.18. The van der Waals surface area contributed by atoms with Gasteiger partial charge in [0.05, 0.1) is 11.0 Å². The lowest BCUT2D eigenvalue weighted by Gasteiger charge is -2.19. The van der Waals surface area contributed by atoms with Crippen LogP contribution in [0.1, 0.15) is 58.4 Å². The van der Waals surface area contributed by atoms with Gasteiger partial charge < -0.3 is 15.6 Å². The molecular weight excluding hydrogens is 436 g/mol. The van der Waals surface area contributed by atoms with Crippen molar-refractivity contribution in [1.29, 1.82) is 0 Å². The number of benzene rings is 3. The minimum absolute atomic E-state index is 0.00948. The first-order chi connectivity index (χ1) is 16.5. The number of hydrogen-bond acceptors (Lipinski definition) is 3. The molecule has 0 atom stereocenters. The number of aryl methyl sites for hydroxylation is 3. The van der Waals surface area contributed by atoms with E-state index in [1.165, 1.54) is 0 Å². The highest BCUT2D eigenvalue weighted by molar-refractivity contribution is 6.09. The molecule has 0 bridgehead atoms. The third kappa shape index (κ3) is 5.60. The summed E-state index contributed by atoms with van der Waals surface area (Å²) in [5.74, 6) is 0.544. The second-order valence-corrected chi connectivity index (χ2v) is 10.3. The first-order valence-electron chi connectivity index (χ1n) is 11.8.